The standard InChI is InChI=1S/C26H25FN4O3S/c1-3-14-34-25(33)23-17(2)30-26-31(24(23)18-7-9-19(27)10-8-18)21(16-35-26)15-22(32)29-13-11-20-6-4-5-12-28-20/h3-10,12,16,24H,1,11,13-15H2,2H3,(H,29,32)/t24-/m0/s1. The van der Waals surface area contributed by atoms with Crippen LogP contribution in [0.2, 0.25) is 0 Å². The van der Waals surface area contributed by atoms with E-state index in [2.05, 4.69) is 21.9 Å². The maximum absolute atomic E-state index is 13.7. The quantitative estimate of drug-likeness (QED) is 0.416. The van der Waals surface area contributed by atoms with Gasteiger partial charge in [0.2, 0.25) is 5.91 Å². The second kappa shape index (κ2) is 11.1. The van der Waals surface area contributed by atoms with Crippen LogP contribution in [0.3, 0.4) is 0 Å². The molecule has 0 unspecified atom stereocenters. The number of pyridine rings is 1. The molecule has 0 spiro atoms. The number of aliphatic imine (C=N–C) groups is 1. The Balaban J connectivity index is 1.55. The Bertz CT molecular complexity index is 1210. The third-order valence-electron chi connectivity index (χ3n) is 5.51. The highest BCUT2D eigenvalue weighted by Gasteiger charge is 2.41. The van der Waals surface area contributed by atoms with Crippen LogP contribution in [0, 0.1) is 5.82 Å². The average molecular weight is 493 g/mol. The molecule has 7 nitrogen and oxygen atoms in total. The molecular weight excluding hydrogens is 467 g/mol. The zero-order chi connectivity index (χ0) is 24.8. The molecule has 0 bridgehead atoms. The number of hydrogen-bond acceptors (Lipinski definition) is 7. The van der Waals surface area contributed by atoms with Crippen molar-refractivity contribution in [2.24, 2.45) is 4.99 Å². The van der Waals surface area contributed by atoms with Crippen LogP contribution in [0.5, 0.6) is 0 Å². The van der Waals surface area contributed by atoms with Crippen LogP contribution < -0.4 is 5.32 Å². The molecule has 3 heterocycles. The van der Waals surface area contributed by atoms with Crippen LogP contribution in [0.4, 0.5) is 4.39 Å². The fraction of sp³-hybridized carbons (Fsp3) is 0.231. The summed E-state index contributed by atoms with van der Waals surface area (Å²) in [6.07, 6.45) is 3.93. The van der Waals surface area contributed by atoms with E-state index in [1.165, 1.54) is 30.0 Å². The summed E-state index contributed by atoms with van der Waals surface area (Å²) in [6, 6.07) is 11.0. The van der Waals surface area contributed by atoms with E-state index in [-0.39, 0.29) is 24.8 Å². The number of ether oxygens (including phenoxy) is 1. The van der Waals surface area contributed by atoms with Crippen molar-refractivity contribution < 1.29 is 18.7 Å². The fourth-order valence-corrected chi connectivity index (χ4v) is 4.87. The molecule has 1 N–H and O–H groups in total. The first-order valence-electron chi connectivity index (χ1n) is 11.1. The molecule has 35 heavy (non-hydrogen) atoms. The van der Waals surface area contributed by atoms with Crippen molar-refractivity contribution in [1.82, 2.24) is 15.2 Å². The smallest absolute Gasteiger partial charge is 0.338 e. The number of aromatic nitrogens is 1. The Labute approximate surface area is 207 Å². The number of carbonyl (C=O) groups is 2. The molecule has 0 radical (unpaired) electrons. The molecular formula is C26H25FN4O3S. The van der Waals surface area contributed by atoms with E-state index in [4.69, 9.17) is 4.74 Å². The molecule has 9 heteroatoms. The number of rotatable bonds is 9. The van der Waals surface area contributed by atoms with Crippen LogP contribution in [-0.4, -0.2) is 40.1 Å². The number of nitrogens with zero attached hydrogens (tertiary/aromatic N) is 3. The van der Waals surface area contributed by atoms with Gasteiger partial charge in [0.05, 0.1) is 23.7 Å². The van der Waals surface area contributed by atoms with E-state index < -0.39 is 12.0 Å². The number of carbonyl (C=O) groups excluding carboxylic acids is 2. The number of halogens is 1. The van der Waals surface area contributed by atoms with Crippen molar-refractivity contribution in [2.75, 3.05) is 13.2 Å². The van der Waals surface area contributed by atoms with Gasteiger partial charge in [-0.1, -0.05) is 42.6 Å². The summed E-state index contributed by atoms with van der Waals surface area (Å²) in [6.45, 7) is 5.85. The number of thioether (sulfide) groups is 1. The highest BCUT2D eigenvalue weighted by Crippen LogP contribution is 2.44. The molecule has 0 saturated heterocycles. The van der Waals surface area contributed by atoms with E-state index in [9.17, 15) is 14.0 Å². The van der Waals surface area contributed by atoms with Crippen LogP contribution in [-0.2, 0) is 20.7 Å². The molecule has 0 aliphatic carbocycles. The van der Waals surface area contributed by atoms with Gasteiger partial charge in [-0.05, 0) is 42.2 Å². The third kappa shape index (κ3) is 5.68. The van der Waals surface area contributed by atoms with Gasteiger partial charge in [0.25, 0.3) is 0 Å². The van der Waals surface area contributed by atoms with Gasteiger partial charge in [0, 0.05) is 30.6 Å². The first-order valence-corrected chi connectivity index (χ1v) is 12.0. The average Bonchev–Trinajstić information content (AvgIpc) is 3.24. The first-order chi connectivity index (χ1) is 17.0. The molecule has 1 atom stereocenters. The summed E-state index contributed by atoms with van der Waals surface area (Å²) in [5.74, 6) is -1.07. The van der Waals surface area contributed by atoms with E-state index in [0.29, 0.717) is 40.7 Å². The molecule has 0 saturated carbocycles. The summed E-state index contributed by atoms with van der Waals surface area (Å²) in [5.41, 5.74) is 3.13. The predicted octanol–water partition coefficient (Wildman–Crippen LogP) is 4.27. The molecule has 2 aromatic rings. The minimum atomic E-state index is -0.608. The maximum atomic E-state index is 13.7. The summed E-state index contributed by atoms with van der Waals surface area (Å²) in [4.78, 5) is 36.5. The number of hydrogen-bond donors (Lipinski definition) is 1. The fourth-order valence-electron chi connectivity index (χ4n) is 3.91. The van der Waals surface area contributed by atoms with Gasteiger partial charge in [0.15, 0.2) is 5.17 Å². The normalized spacial score (nSPS) is 16.9. The number of nitrogens with one attached hydrogen (secondary N) is 1. The lowest BCUT2D eigenvalue weighted by Crippen LogP contribution is -2.38. The monoisotopic (exact) mass is 492 g/mol. The molecule has 1 amide bonds. The second-order valence-electron chi connectivity index (χ2n) is 7.93. The topological polar surface area (TPSA) is 83.9 Å². The van der Waals surface area contributed by atoms with Gasteiger partial charge in [-0.15, -0.1) is 0 Å². The zero-order valence-electron chi connectivity index (χ0n) is 19.2. The number of allylic oxidation sites excluding steroid dienone is 1. The summed E-state index contributed by atoms with van der Waals surface area (Å²) >= 11 is 1.38. The van der Waals surface area contributed by atoms with Gasteiger partial charge in [-0.25, -0.2) is 14.2 Å². The molecule has 4 rings (SSSR count). The summed E-state index contributed by atoms with van der Waals surface area (Å²) in [5, 5.41) is 5.43. The van der Waals surface area contributed by atoms with Gasteiger partial charge in [-0.3, -0.25) is 9.78 Å². The van der Waals surface area contributed by atoms with Gasteiger partial charge < -0.3 is 15.0 Å². The Morgan fingerprint density at radius 3 is 2.77 bits per heavy atom. The van der Waals surface area contributed by atoms with Gasteiger partial charge >= 0.3 is 5.97 Å². The van der Waals surface area contributed by atoms with Crippen molar-refractivity contribution in [1.29, 1.82) is 0 Å². The van der Waals surface area contributed by atoms with Crippen LogP contribution in [0.25, 0.3) is 0 Å². The summed E-state index contributed by atoms with van der Waals surface area (Å²) in [7, 11) is 0. The largest absolute Gasteiger partial charge is 0.458 e. The van der Waals surface area contributed by atoms with E-state index in [1.807, 2.05) is 28.5 Å². The van der Waals surface area contributed by atoms with Crippen molar-refractivity contribution in [2.45, 2.75) is 25.8 Å². The van der Waals surface area contributed by atoms with Crippen LogP contribution in [0.15, 0.2) is 88.7 Å². The Hall–Kier alpha value is -3.72. The number of esters is 1. The molecule has 2 aliphatic heterocycles. The number of amidine groups is 1. The minimum Gasteiger partial charge on any atom is -0.458 e. The minimum absolute atomic E-state index is 0.0540. The van der Waals surface area contributed by atoms with E-state index >= 15 is 0 Å². The van der Waals surface area contributed by atoms with Gasteiger partial charge in [-0.2, -0.15) is 0 Å². The highest BCUT2D eigenvalue weighted by atomic mass is 32.2. The first kappa shape index (κ1) is 24.4. The van der Waals surface area contributed by atoms with Crippen molar-refractivity contribution >= 4 is 28.8 Å². The highest BCUT2D eigenvalue weighted by molar-refractivity contribution is 8.16. The Morgan fingerprint density at radius 2 is 2.06 bits per heavy atom. The Kier molecular flexibility index (Phi) is 7.77. The predicted molar refractivity (Wildman–Crippen MR) is 134 cm³/mol. The lowest BCUT2D eigenvalue weighted by Gasteiger charge is -2.36. The van der Waals surface area contributed by atoms with Crippen molar-refractivity contribution in [3.8, 4) is 0 Å². The van der Waals surface area contributed by atoms with E-state index in [1.54, 1.807) is 25.3 Å². The molecule has 1 aromatic carbocycles. The molecule has 2 aliphatic rings. The van der Waals surface area contributed by atoms with E-state index in [0.717, 1.165) is 5.69 Å². The van der Waals surface area contributed by atoms with Gasteiger partial charge in [0.1, 0.15) is 12.4 Å². The van der Waals surface area contributed by atoms with Crippen LogP contribution in [0.1, 0.15) is 30.6 Å². The van der Waals surface area contributed by atoms with Crippen LogP contribution >= 0.6 is 11.8 Å². The van der Waals surface area contributed by atoms with Crippen molar-refractivity contribution in [3.05, 3.63) is 101 Å². The number of benzene rings is 1. The zero-order valence-corrected chi connectivity index (χ0v) is 20.1. The van der Waals surface area contributed by atoms with Crippen molar-refractivity contribution in [3.63, 3.8) is 0 Å². The second-order valence-corrected chi connectivity index (χ2v) is 8.77. The molecule has 0 fully saturated rings. The third-order valence-corrected chi connectivity index (χ3v) is 6.40. The number of fused-ring (bicyclic) bond motifs is 1. The lowest BCUT2D eigenvalue weighted by atomic mass is 9.94. The maximum Gasteiger partial charge on any atom is 0.338 e. The Morgan fingerprint density at radius 1 is 1.26 bits per heavy atom. The number of amides is 1. The lowest BCUT2D eigenvalue weighted by molar-refractivity contribution is -0.138. The molecule has 180 valence electrons. The molecule has 1 aromatic heterocycles. The SMILES string of the molecule is C=CCOC(=O)C1=C(C)N=C2SC=C(CC(=O)NCCc3ccccn3)N2[C@H]1c1ccc(F)cc1. The summed E-state index contributed by atoms with van der Waals surface area (Å²) < 4.78 is 19.0.